The van der Waals surface area contributed by atoms with Crippen molar-refractivity contribution in [3.8, 4) is 0 Å². The molecular weight excluding hydrogens is 254 g/mol. The quantitative estimate of drug-likeness (QED) is 0.445. The van der Waals surface area contributed by atoms with Crippen molar-refractivity contribution in [2.24, 2.45) is 0 Å². The van der Waals surface area contributed by atoms with E-state index in [0.29, 0.717) is 11.0 Å². The van der Waals surface area contributed by atoms with E-state index >= 15 is 0 Å². The lowest BCUT2D eigenvalue weighted by Crippen LogP contribution is -2.32. The van der Waals surface area contributed by atoms with Gasteiger partial charge in [-0.25, -0.2) is 4.98 Å². The molecule has 2 aromatic rings. The minimum absolute atomic E-state index is 0.113. The summed E-state index contributed by atoms with van der Waals surface area (Å²) in [5, 5.41) is 29.0. The highest BCUT2D eigenvalue weighted by Gasteiger charge is 2.44. The molecule has 1 saturated heterocycles. The highest BCUT2D eigenvalue weighted by molar-refractivity contribution is 5.73. The molecule has 0 bridgehead atoms. The molecule has 102 valence electrons. The Hall–Kier alpha value is -1.74. The van der Waals surface area contributed by atoms with Crippen molar-refractivity contribution >= 4 is 11.0 Å². The molecule has 1 fully saturated rings. The van der Waals surface area contributed by atoms with Crippen molar-refractivity contribution < 1.29 is 20.1 Å². The lowest BCUT2D eigenvalue weighted by atomic mass is 10.1. The molecule has 0 saturated carbocycles. The molecule has 0 aliphatic carbocycles. The van der Waals surface area contributed by atoms with Gasteiger partial charge in [0.05, 0.1) is 12.0 Å². The number of nitrogens with one attached hydrogen (secondary N) is 2. The summed E-state index contributed by atoms with van der Waals surface area (Å²) < 4.78 is 5.31. The second-order valence-electron chi connectivity index (χ2n) is 4.45. The summed E-state index contributed by atoms with van der Waals surface area (Å²) in [7, 11) is 0. The number of aromatic nitrogens is 3. The van der Waals surface area contributed by atoms with Crippen LogP contribution in [0.25, 0.3) is 11.0 Å². The van der Waals surface area contributed by atoms with E-state index in [2.05, 4.69) is 15.0 Å². The van der Waals surface area contributed by atoms with E-state index in [9.17, 15) is 15.0 Å². The van der Waals surface area contributed by atoms with E-state index in [0.717, 1.165) is 0 Å². The summed E-state index contributed by atoms with van der Waals surface area (Å²) in [5.74, 6) is 0.113. The van der Waals surface area contributed by atoms with E-state index in [1.54, 1.807) is 12.3 Å². The van der Waals surface area contributed by atoms with Gasteiger partial charge < -0.3 is 30.0 Å². The number of aromatic amines is 2. The van der Waals surface area contributed by atoms with Crippen LogP contribution in [0.3, 0.4) is 0 Å². The normalized spacial score (nSPS) is 31.1. The lowest BCUT2D eigenvalue weighted by Gasteiger charge is -2.13. The van der Waals surface area contributed by atoms with Crippen molar-refractivity contribution in [3.63, 3.8) is 0 Å². The van der Waals surface area contributed by atoms with Crippen LogP contribution in [0.5, 0.6) is 0 Å². The summed E-state index contributed by atoms with van der Waals surface area (Å²) >= 11 is 0. The van der Waals surface area contributed by atoms with E-state index in [1.807, 2.05) is 0 Å². The van der Waals surface area contributed by atoms with Crippen LogP contribution in [-0.2, 0) is 4.74 Å². The third-order valence-electron chi connectivity index (χ3n) is 3.26. The molecule has 3 rings (SSSR count). The van der Waals surface area contributed by atoms with Crippen LogP contribution in [0.1, 0.15) is 11.9 Å². The third kappa shape index (κ3) is 1.85. The average molecular weight is 267 g/mol. The maximum absolute atomic E-state index is 11.8. The van der Waals surface area contributed by atoms with Gasteiger partial charge in [-0.1, -0.05) is 0 Å². The van der Waals surface area contributed by atoms with Crippen LogP contribution in [0, 0.1) is 0 Å². The second kappa shape index (κ2) is 4.42. The highest BCUT2D eigenvalue weighted by atomic mass is 16.6. The number of nitrogens with zero attached hydrogens (tertiary/aromatic N) is 1. The number of fused-ring (bicyclic) bond motifs is 1. The molecule has 2 aromatic heterocycles. The first-order valence-corrected chi connectivity index (χ1v) is 5.81. The Morgan fingerprint density at radius 2 is 2.16 bits per heavy atom. The largest absolute Gasteiger partial charge is 0.394 e. The fourth-order valence-electron chi connectivity index (χ4n) is 2.23. The maximum atomic E-state index is 11.8. The van der Waals surface area contributed by atoms with Crippen LogP contribution < -0.4 is 5.56 Å². The molecule has 19 heavy (non-hydrogen) atoms. The molecule has 8 heteroatoms. The second-order valence-corrected chi connectivity index (χ2v) is 4.45. The van der Waals surface area contributed by atoms with Crippen LogP contribution in [0.4, 0.5) is 0 Å². The minimum atomic E-state index is -1.26. The summed E-state index contributed by atoms with van der Waals surface area (Å²) in [6.45, 7) is -0.427. The van der Waals surface area contributed by atoms with Gasteiger partial charge in [-0.2, -0.15) is 0 Å². The van der Waals surface area contributed by atoms with E-state index in [4.69, 9.17) is 9.84 Å². The smallest absolute Gasteiger partial charge is 0.260 e. The molecule has 0 amide bonds. The van der Waals surface area contributed by atoms with Gasteiger partial charge in [0.15, 0.2) is 0 Å². The predicted octanol–water partition coefficient (Wildman–Crippen LogP) is -1.59. The standard InChI is InChI=1S/C11H13N3O5/c15-3-5-6(16)7(17)8(19-5)10-13-9-4(1-2-12-9)11(18)14-10/h1-2,5-8,15-17H,3H2,(H2,12,13,14,18)/t5-,6-,7+,8?/m1/s1. The Bertz CT molecular complexity index is 651. The summed E-state index contributed by atoms with van der Waals surface area (Å²) in [6, 6.07) is 1.59. The monoisotopic (exact) mass is 267 g/mol. The fourth-order valence-corrected chi connectivity index (χ4v) is 2.23. The molecule has 5 N–H and O–H groups in total. The number of hydrogen-bond donors (Lipinski definition) is 5. The summed E-state index contributed by atoms with van der Waals surface area (Å²) in [6.07, 6.45) is -2.78. The molecule has 0 spiro atoms. The molecule has 8 nitrogen and oxygen atoms in total. The zero-order valence-electron chi connectivity index (χ0n) is 9.78. The van der Waals surface area contributed by atoms with Crippen LogP contribution in [0.15, 0.2) is 17.1 Å². The van der Waals surface area contributed by atoms with Crippen LogP contribution in [-0.4, -0.2) is 55.2 Å². The summed E-state index contributed by atoms with van der Waals surface area (Å²) in [5.41, 5.74) is 0.00970. The number of aliphatic hydroxyl groups excluding tert-OH is 3. The SMILES string of the molecule is O=c1[nH]c(C2O[C@H](CO)[C@@H](O)[C@@H]2O)nc2[nH]ccc12. The van der Waals surface area contributed by atoms with Crippen molar-refractivity contribution in [3.05, 3.63) is 28.4 Å². The molecule has 4 atom stereocenters. The first-order chi connectivity index (χ1) is 9.11. The van der Waals surface area contributed by atoms with E-state index < -0.39 is 31.0 Å². The van der Waals surface area contributed by atoms with Crippen molar-refractivity contribution in [1.82, 2.24) is 15.0 Å². The molecule has 1 aliphatic heterocycles. The van der Waals surface area contributed by atoms with E-state index in [-0.39, 0.29) is 11.4 Å². The Morgan fingerprint density at radius 3 is 2.84 bits per heavy atom. The number of aliphatic hydroxyl groups is 3. The van der Waals surface area contributed by atoms with Gasteiger partial charge in [0.1, 0.15) is 35.9 Å². The van der Waals surface area contributed by atoms with Gasteiger partial charge in [-0.05, 0) is 6.07 Å². The number of H-pyrrole nitrogens is 2. The highest BCUT2D eigenvalue weighted by Crippen LogP contribution is 2.31. The van der Waals surface area contributed by atoms with Crippen LogP contribution >= 0.6 is 0 Å². The summed E-state index contributed by atoms with van der Waals surface area (Å²) in [4.78, 5) is 21.2. The van der Waals surface area contributed by atoms with Crippen LogP contribution in [0.2, 0.25) is 0 Å². The fraction of sp³-hybridized carbons (Fsp3) is 0.455. The topological polar surface area (TPSA) is 131 Å². The first-order valence-electron chi connectivity index (χ1n) is 5.81. The molecule has 0 aromatic carbocycles. The van der Waals surface area contributed by atoms with E-state index in [1.165, 1.54) is 0 Å². The van der Waals surface area contributed by atoms with Crippen molar-refractivity contribution in [1.29, 1.82) is 0 Å². The van der Waals surface area contributed by atoms with Crippen molar-refractivity contribution in [2.75, 3.05) is 6.61 Å². The first kappa shape index (κ1) is 12.3. The maximum Gasteiger partial charge on any atom is 0.260 e. The Balaban J connectivity index is 2.03. The molecule has 1 aliphatic rings. The van der Waals surface area contributed by atoms with Gasteiger partial charge in [0.25, 0.3) is 5.56 Å². The molecule has 1 unspecified atom stereocenters. The zero-order chi connectivity index (χ0) is 13.6. The minimum Gasteiger partial charge on any atom is -0.394 e. The molecule has 0 radical (unpaired) electrons. The number of ether oxygens (including phenoxy) is 1. The Labute approximate surface area is 106 Å². The van der Waals surface area contributed by atoms with Gasteiger partial charge >= 0.3 is 0 Å². The Kier molecular flexibility index (Phi) is 2.86. The van der Waals surface area contributed by atoms with Gasteiger partial charge in [-0.15, -0.1) is 0 Å². The molecular formula is C11H13N3O5. The third-order valence-corrected chi connectivity index (χ3v) is 3.26. The Morgan fingerprint density at radius 1 is 1.37 bits per heavy atom. The lowest BCUT2D eigenvalue weighted by molar-refractivity contribution is -0.0252. The van der Waals surface area contributed by atoms with Gasteiger partial charge in [0.2, 0.25) is 0 Å². The number of hydrogen-bond acceptors (Lipinski definition) is 6. The predicted molar refractivity (Wildman–Crippen MR) is 63.4 cm³/mol. The zero-order valence-corrected chi connectivity index (χ0v) is 9.78. The molecule has 3 heterocycles. The van der Waals surface area contributed by atoms with Gasteiger partial charge in [-0.3, -0.25) is 4.79 Å². The van der Waals surface area contributed by atoms with Gasteiger partial charge in [0, 0.05) is 6.20 Å². The number of rotatable bonds is 2. The van der Waals surface area contributed by atoms with Crippen molar-refractivity contribution in [2.45, 2.75) is 24.4 Å². The average Bonchev–Trinajstić information content (AvgIpc) is 2.96.